The third-order valence-electron chi connectivity index (χ3n) is 5.07. The van der Waals surface area contributed by atoms with E-state index in [1.54, 1.807) is 12.1 Å². The second kappa shape index (κ2) is 8.86. The fourth-order valence-electron chi connectivity index (χ4n) is 3.59. The number of halogens is 2. The predicted octanol–water partition coefficient (Wildman–Crippen LogP) is 7.03. The first-order chi connectivity index (χ1) is 14.7. The number of aromatic nitrogens is 1. The lowest BCUT2D eigenvalue weighted by molar-refractivity contribution is 0.0616. The van der Waals surface area contributed by atoms with Gasteiger partial charge in [-0.05, 0) is 81.8 Å². The number of fused-ring (bicyclic) bond motifs is 2. The van der Waals surface area contributed by atoms with Crippen molar-refractivity contribution < 1.29 is 18.8 Å². The number of rotatable bonds is 4. The first-order valence-corrected chi connectivity index (χ1v) is 11.6. The number of amides is 1. The van der Waals surface area contributed by atoms with Crippen LogP contribution in [-0.4, -0.2) is 16.9 Å². The van der Waals surface area contributed by atoms with Crippen LogP contribution in [0, 0.1) is 0 Å². The summed E-state index contributed by atoms with van der Waals surface area (Å²) in [5, 5.41) is 5.18. The van der Waals surface area contributed by atoms with E-state index in [1.807, 2.05) is 49.7 Å². The van der Waals surface area contributed by atoms with Gasteiger partial charge in [0, 0.05) is 10.6 Å². The molecule has 0 spiro atoms. The number of anilines is 1. The van der Waals surface area contributed by atoms with Crippen LogP contribution in [0.1, 0.15) is 50.3 Å². The fraction of sp³-hybridized carbons (Fsp3) is 0.391. The molecule has 31 heavy (non-hydrogen) atoms. The molecule has 0 radical (unpaired) electrons. The largest absolute Gasteiger partial charge is 0.489 e. The Hall–Kier alpha value is -2.00. The number of carbonyl (C=O) groups excluding carboxylic acids is 1. The van der Waals surface area contributed by atoms with Crippen molar-refractivity contribution in [1.82, 2.24) is 5.16 Å². The van der Waals surface area contributed by atoms with Crippen molar-refractivity contribution in [3.8, 4) is 5.75 Å². The summed E-state index contributed by atoms with van der Waals surface area (Å²) < 4.78 is 18.1. The molecule has 1 heterocycles. The van der Waals surface area contributed by atoms with E-state index >= 15 is 0 Å². The Kier molecular flexibility index (Phi) is 6.35. The molecule has 164 valence electrons. The SMILES string of the molecule is CC(C)(C)OC(=O)N(I)c1noc2cc(COc3ccc4c(c3)CCCC4)c(Cl)cc12. The van der Waals surface area contributed by atoms with Crippen LogP contribution in [0.25, 0.3) is 11.0 Å². The smallest absolute Gasteiger partial charge is 0.425 e. The van der Waals surface area contributed by atoms with E-state index < -0.39 is 11.7 Å². The van der Waals surface area contributed by atoms with Crippen LogP contribution in [0.3, 0.4) is 0 Å². The van der Waals surface area contributed by atoms with Crippen molar-refractivity contribution in [2.24, 2.45) is 0 Å². The highest BCUT2D eigenvalue weighted by molar-refractivity contribution is 14.1. The molecule has 0 aliphatic heterocycles. The Labute approximate surface area is 200 Å². The van der Waals surface area contributed by atoms with Crippen molar-refractivity contribution in [3.63, 3.8) is 0 Å². The van der Waals surface area contributed by atoms with Crippen LogP contribution in [0.15, 0.2) is 34.9 Å². The first kappa shape index (κ1) is 22.2. The summed E-state index contributed by atoms with van der Waals surface area (Å²) in [6.07, 6.45) is 4.20. The van der Waals surface area contributed by atoms with Crippen molar-refractivity contribution in [2.45, 2.75) is 58.7 Å². The summed E-state index contributed by atoms with van der Waals surface area (Å²) in [6, 6.07) is 9.83. The monoisotopic (exact) mass is 554 g/mol. The van der Waals surface area contributed by atoms with Gasteiger partial charge in [-0.25, -0.2) is 4.79 Å². The molecule has 1 aromatic heterocycles. The van der Waals surface area contributed by atoms with Gasteiger partial charge in [-0.15, -0.1) is 0 Å². The van der Waals surface area contributed by atoms with Crippen LogP contribution in [0.4, 0.5) is 10.6 Å². The van der Waals surface area contributed by atoms with Crippen LogP contribution in [0.5, 0.6) is 5.75 Å². The molecule has 0 N–H and O–H groups in total. The normalized spacial score (nSPS) is 13.7. The maximum Gasteiger partial charge on any atom is 0.425 e. The van der Waals surface area contributed by atoms with Gasteiger partial charge < -0.3 is 14.0 Å². The number of hydrogen-bond donors (Lipinski definition) is 0. The predicted molar refractivity (Wildman–Crippen MR) is 129 cm³/mol. The summed E-state index contributed by atoms with van der Waals surface area (Å²) in [5.74, 6) is 1.17. The van der Waals surface area contributed by atoms with E-state index in [9.17, 15) is 4.79 Å². The quantitative estimate of drug-likeness (QED) is 0.256. The molecule has 1 amide bonds. The molecule has 0 saturated carbocycles. The maximum absolute atomic E-state index is 12.4. The molecule has 3 aromatic rings. The minimum atomic E-state index is -0.612. The van der Waals surface area contributed by atoms with Crippen molar-refractivity contribution >= 4 is 57.3 Å². The van der Waals surface area contributed by atoms with E-state index in [0.29, 0.717) is 28.4 Å². The van der Waals surface area contributed by atoms with Crippen molar-refractivity contribution in [3.05, 3.63) is 52.0 Å². The van der Waals surface area contributed by atoms with E-state index in [1.165, 1.54) is 27.1 Å². The van der Waals surface area contributed by atoms with Gasteiger partial charge in [0.1, 0.15) is 18.0 Å². The number of ether oxygens (including phenoxy) is 2. The second-order valence-corrected chi connectivity index (χ2v) is 10.0. The maximum atomic E-state index is 12.4. The molecule has 1 aliphatic carbocycles. The summed E-state index contributed by atoms with van der Waals surface area (Å²) >= 11 is 8.37. The lowest BCUT2D eigenvalue weighted by Gasteiger charge is -2.22. The third kappa shape index (κ3) is 5.09. The van der Waals surface area contributed by atoms with E-state index in [2.05, 4.69) is 17.3 Å². The highest BCUT2D eigenvalue weighted by Gasteiger charge is 2.26. The average molecular weight is 555 g/mol. The molecule has 1 aliphatic rings. The molecule has 6 nitrogen and oxygen atoms in total. The number of hydrogen-bond acceptors (Lipinski definition) is 5. The Morgan fingerprint density at radius 1 is 1.19 bits per heavy atom. The van der Waals surface area contributed by atoms with Crippen LogP contribution in [0.2, 0.25) is 5.02 Å². The molecule has 0 unspecified atom stereocenters. The zero-order chi connectivity index (χ0) is 22.2. The van der Waals surface area contributed by atoms with Crippen LogP contribution < -0.4 is 7.85 Å². The van der Waals surface area contributed by atoms with Gasteiger partial charge in [0.25, 0.3) is 0 Å². The minimum Gasteiger partial charge on any atom is -0.489 e. The van der Waals surface area contributed by atoms with Gasteiger partial charge in [0.15, 0.2) is 11.4 Å². The molecule has 4 rings (SSSR count). The summed E-state index contributed by atoms with van der Waals surface area (Å²) in [7, 11) is 0. The molecule has 8 heteroatoms. The van der Waals surface area contributed by atoms with Gasteiger partial charge in [-0.3, -0.25) is 0 Å². The highest BCUT2D eigenvalue weighted by atomic mass is 127. The fourth-order valence-corrected chi connectivity index (χ4v) is 4.25. The lowest BCUT2D eigenvalue weighted by Crippen LogP contribution is -2.31. The molecule has 0 atom stereocenters. The summed E-state index contributed by atoms with van der Waals surface area (Å²) in [5.41, 5.74) is 3.48. The molecular weight excluding hydrogens is 531 g/mol. The summed E-state index contributed by atoms with van der Waals surface area (Å²) in [4.78, 5) is 12.4. The first-order valence-electron chi connectivity index (χ1n) is 10.2. The molecule has 0 fully saturated rings. The zero-order valence-electron chi connectivity index (χ0n) is 17.7. The average Bonchev–Trinajstić information content (AvgIpc) is 3.12. The van der Waals surface area contributed by atoms with E-state index in [4.69, 9.17) is 25.6 Å². The zero-order valence-corrected chi connectivity index (χ0v) is 20.6. The Morgan fingerprint density at radius 3 is 2.68 bits per heavy atom. The van der Waals surface area contributed by atoms with Gasteiger partial charge >= 0.3 is 6.09 Å². The lowest BCUT2D eigenvalue weighted by atomic mass is 9.92. The topological polar surface area (TPSA) is 64.8 Å². The van der Waals surface area contributed by atoms with Crippen molar-refractivity contribution in [1.29, 1.82) is 0 Å². The van der Waals surface area contributed by atoms with E-state index in [0.717, 1.165) is 24.2 Å². The van der Waals surface area contributed by atoms with Gasteiger partial charge in [-0.1, -0.05) is 22.8 Å². The minimum absolute atomic E-state index is 0.309. The standard InChI is InChI=1S/C23H24ClIN2O4/c1-23(2,3)30-22(28)27(25)21-18-12-19(24)16(11-20(18)31-26-21)13-29-17-9-8-14-6-4-5-7-15(14)10-17/h8-12H,4-7,13H2,1-3H3. The molecule has 0 saturated heterocycles. The van der Waals surface area contributed by atoms with E-state index in [-0.39, 0.29) is 0 Å². The Morgan fingerprint density at radius 2 is 1.94 bits per heavy atom. The van der Waals surface area contributed by atoms with Crippen molar-refractivity contribution in [2.75, 3.05) is 3.11 Å². The second-order valence-electron chi connectivity index (χ2n) is 8.63. The Bertz CT molecular complexity index is 1120. The number of benzene rings is 2. The number of nitrogens with zero attached hydrogens (tertiary/aromatic N) is 2. The molecule has 0 bridgehead atoms. The Balaban J connectivity index is 1.52. The number of carbonyl (C=O) groups is 1. The van der Waals surface area contributed by atoms with Gasteiger partial charge in [-0.2, -0.15) is 3.11 Å². The third-order valence-corrected chi connectivity index (χ3v) is 6.28. The summed E-state index contributed by atoms with van der Waals surface area (Å²) in [6.45, 7) is 5.73. The van der Waals surface area contributed by atoms with Crippen LogP contribution in [-0.2, 0) is 24.2 Å². The highest BCUT2D eigenvalue weighted by Crippen LogP contribution is 2.34. The van der Waals surface area contributed by atoms with Gasteiger partial charge in [0.05, 0.1) is 28.3 Å². The van der Waals surface area contributed by atoms with Crippen LogP contribution >= 0.6 is 34.5 Å². The molecular formula is C23H24ClIN2O4. The number of aryl methyl sites for hydroxylation is 2. The van der Waals surface area contributed by atoms with Gasteiger partial charge in [0.2, 0.25) is 0 Å². The molecule has 2 aromatic carbocycles.